The topological polar surface area (TPSA) is 55.6 Å². The van der Waals surface area contributed by atoms with Crippen LogP contribution in [0.2, 0.25) is 0 Å². The third-order valence-electron chi connectivity index (χ3n) is 4.06. The Kier molecular flexibility index (Phi) is 5.22. The Morgan fingerprint density at radius 1 is 1.53 bits per heavy atom. The number of carbonyl (C=O) groups is 1. The molecule has 1 saturated heterocycles. The monoisotopic (exact) mass is 262 g/mol. The van der Waals surface area contributed by atoms with E-state index in [0.717, 1.165) is 38.8 Å². The average Bonchev–Trinajstić information content (AvgIpc) is 2.63. The van der Waals surface area contributed by atoms with E-state index in [1.807, 2.05) is 4.90 Å². The second kappa shape index (κ2) is 6.03. The highest BCUT2D eigenvalue weighted by Crippen LogP contribution is 2.45. The third kappa shape index (κ3) is 2.92. The Hall–Kier alpha value is -0.320. The van der Waals surface area contributed by atoms with E-state index >= 15 is 0 Å². The predicted octanol–water partition coefficient (Wildman–Crippen LogP) is 1.17. The Morgan fingerprint density at radius 3 is 2.65 bits per heavy atom. The van der Waals surface area contributed by atoms with E-state index < -0.39 is 0 Å². The zero-order valence-corrected chi connectivity index (χ0v) is 11.3. The molecule has 0 aromatic rings. The molecule has 2 fully saturated rings. The van der Waals surface area contributed by atoms with Gasteiger partial charge in [0.25, 0.3) is 0 Å². The average molecular weight is 263 g/mol. The largest absolute Gasteiger partial charge is 0.385 e. The van der Waals surface area contributed by atoms with Crippen molar-refractivity contribution < 1.29 is 9.53 Å². The molecule has 0 unspecified atom stereocenters. The number of halogens is 1. The fourth-order valence-corrected chi connectivity index (χ4v) is 2.78. The first-order valence-corrected chi connectivity index (χ1v) is 6.22. The van der Waals surface area contributed by atoms with Crippen LogP contribution in [0.25, 0.3) is 0 Å². The highest BCUT2D eigenvalue weighted by Gasteiger charge is 2.46. The molecule has 0 aromatic heterocycles. The highest BCUT2D eigenvalue weighted by atomic mass is 35.5. The second-order valence-corrected chi connectivity index (χ2v) is 5.18. The first kappa shape index (κ1) is 14.7. The molecule has 0 radical (unpaired) electrons. The van der Waals surface area contributed by atoms with Crippen LogP contribution >= 0.6 is 12.4 Å². The minimum atomic E-state index is -0.111. The van der Waals surface area contributed by atoms with Gasteiger partial charge in [0.05, 0.1) is 5.41 Å². The first-order chi connectivity index (χ1) is 7.68. The number of likely N-dealkylation sites (tertiary alicyclic amines) is 1. The number of nitrogens with two attached hydrogens (primary N) is 1. The summed E-state index contributed by atoms with van der Waals surface area (Å²) in [5.41, 5.74) is 5.74. The van der Waals surface area contributed by atoms with Gasteiger partial charge in [-0.05, 0) is 25.7 Å². The molecule has 0 bridgehead atoms. The smallest absolute Gasteiger partial charge is 0.228 e. The summed E-state index contributed by atoms with van der Waals surface area (Å²) in [6, 6.07) is 0.184. The summed E-state index contributed by atoms with van der Waals surface area (Å²) in [5.74, 6) is 0.323. The molecule has 0 spiro atoms. The summed E-state index contributed by atoms with van der Waals surface area (Å²) >= 11 is 0. The summed E-state index contributed by atoms with van der Waals surface area (Å²) in [6.07, 6.45) is 5.05. The Morgan fingerprint density at radius 2 is 2.24 bits per heavy atom. The van der Waals surface area contributed by atoms with Gasteiger partial charge in [-0.15, -0.1) is 12.4 Å². The molecule has 1 saturated carbocycles. The number of hydrogen-bond donors (Lipinski definition) is 1. The van der Waals surface area contributed by atoms with Gasteiger partial charge in [-0.2, -0.15) is 0 Å². The zero-order valence-electron chi connectivity index (χ0n) is 10.5. The number of nitrogens with zero attached hydrogens (tertiary/aromatic N) is 1. The van der Waals surface area contributed by atoms with Crippen LogP contribution in [0, 0.1) is 5.41 Å². The van der Waals surface area contributed by atoms with Crippen LogP contribution in [0.1, 0.15) is 32.1 Å². The molecule has 2 aliphatic rings. The van der Waals surface area contributed by atoms with Crippen LogP contribution in [0.5, 0.6) is 0 Å². The van der Waals surface area contributed by atoms with E-state index in [-0.39, 0.29) is 23.9 Å². The van der Waals surface area contributed by atoms with Crippen molar-refractivity contribution in [2.75, 3.05) is 26.8 Å². The lowest BCUT2D eigenvalue weighted by atomic mass is 9.66. The lowest BCUT2D eigenvalue weighted by Crippen LogP contribution is -2.48. The van der Waals surface area contributed by atoms with Gasteiger partial charge in [0, 0.05) is 32.8 Å². The van der Waals surface area contributed by atoms with Crippen molar-refractivity contribution in [2.45, 2.75) is 38.1 Å². The molecule has 5 heteroatoms. The van der Waals surface area contributed by atoms with Crippen molar-refractivity contribution in [1.82, 2.24) is 4.90 Å². The van der Waals surface area contributed by atoms with Gasteiger partial charge in [0.2, 0.25) is 5.91 Å². The van der Waals surface area contributed by atoms with Crippen molar-refractivity contribution in [3.8, 4) is 0 Å². The summed E-state index contributed by atoms with van der Waals surface area (Å²) in [4.78, 5) is 14.4. The molecule has 1 aliphatic carbocycles. The van der Waals surface area contributed by atoms with E-state index in [0.29, 0.717) is 12.5 Å². The summed E-state index contributed by atoms with van der Waals surface area (Å²) < 4.78 is 5.11. The van der Waals surface area contributed by atoms with Gasteiger partial charge in [0.15, 0.2) is 0 Å². The minimum absolute atomic E-state index is 0. The molecule has 2 rings (SSSR count). The fourth-order valence-electron chi connectivity index (χ4n) is 2.78. The van der Waals surface area contributed by atoms with Crippen molar-refractivity contribution >= 4 is 18.3 Å². The normalized spacial score (nSPS) is 26.2. The number of ether oxygens (including phenoxy) is 1. The van der Waals surface area contributed by atoms with Crippen LogP contribution in [-0.4, -0.2) is 43.7 Å². The van der Waals surface area contributed by atoms with Crippen LogP contribution < -0.4 is 5.73 Å². The van der Waals surface area contributed by atoms with E-state index in [4.69, 9.17) is 10.5 Å². The molecule has 17 heavy (non-hydrogen) atoms. The number of carbonyl (C=O) groups excluding carboxylic acids is 1. The van der Waals surface area contributed by atoms with E-state index in [9.17, 15) is 4.79 Å². The maximum atomic E-state index is 12.4. The fraction of sp³-hybridized carbons (Fsp3) is 0.917. The maximum absolute atomic E-state index is 12.4. The molecular formula is C12H23ClN2O2. The van der Waals surface area contributed by atoms with Crippen LogP contribution in [-0.2, 0) is 9.53 Å². The van der Waals surface area contributed by atoms with Gasteiger partial charge in [-0.25, -0.2) is 0 Å². The number of rotatable bonds is 4. The summed E-state index contributed by atoms with van der Waals surface area (Å²) in [7, 11) is 1.70. The molecule has 4 nitrogen and oxygen atoms in total. The van der Waals surface area contributed by atoms with E-state index in [1.165, 1.54) is 6.42 Å². The lowest BCUT2D eigenvalue weighted by molar-refractivity contribution is -0.148. The zero-order chi connectivity index (χ0) is 11.6. The molecule has 1 amide bonds. The third-order valence-corrected chi connectivity index (χ3v) is 4.06. The van der Waals surface area contributed by atoms with Gasteiger partial charge >= 0.3 is 0 Å². The first-order valence-electron chi connectivity index (χ1n) is 6.22. The predicted molar refractivity (Wildman–Crippen MR) is 69.2 cm³/mol. The summed E-state index contributed by atoms with van der Waals surface area (Å²) in [5, 5.41) is 0. The minimum Gasteiger partial charge on any atom is -0.385 e. The van der Waals surface area contributed by atoms with Crippen molar-refractivity contribution in [1.29, 1.82) is 0 Å². The molecule has 100 valence electrons. The maximum Gasteiger partial charge on any atom is 0.228 e. The van der Waals surface area contributed by atoms with Gasteiger partial charge < -0.3 is 15.4 Å². The number of methoxy groups -OCH3 is 1. The van der Waals surface area contributed by atoms with Crippen LogP contribution in [0.4, 0.5) is 0 Å². The molecule has 1 heterocycles. The van der Waals surface area contributed by atoms with Crippen molar-refractivity contribution in [2.24, 2.45) is 11.1 Å². The SMILES string of the molecule is COCCC1(C(=O)N2CC[C@@H](N)C2)CCC1.Cl. The van der Waals surface area contributed by atoms with Crippen LogP contribution in [0.3, 0.4) is 0 Å². The Labute approximate surface area is 109 Å². The highest BCUT2D eigenvalue weighted by molar-refractivity contribution is 5.85. The number of amides is 1. The van der Waals surface area contributed by atoms with Crippen LogP contribution in [0.15, 0.2) is 0 Å². The molecule has 1 atom stereocenters. The Bertz CT molecular complexity index is 269. The lowest BCUT2D eigenvalue weighted by Gasteiger charge is -2.42. The van der Waals surface area contributed by atoms with E-state index in [1.54, 1.807) is 7.11 Å². The molecule has 1 aliphatic heterocycles. The Balaban J connectivity index is 0.00000144. The second-order valence-electron chi connectivity index (χ2n) is 5.18. The van der Waals surface area contributed by atoms with Gasteiger partial charge in [-0.3, -0.25) is 4.79 Å². The quantitative estimate of drug-likeness (QED) is 0.828. The number of hydrogen-bond acceptors (Lipinski definition) is 3. The van der Waals surface area contributed by atoms with Crippen molar-refractivity contribution in [3.05, 3.63) is 0 Å². The van der Waals surface area contributed by atoms with Gasteiger partial charge in [0.1, 0.15) is 0 Å². The van der Waals surface area contributed by atoms with E-state index in [2.05, 4.69) is 0 Å². The molecular weight excluding hydrogens is 240 g/mol. The molecule has 2 N–H and O–H groups in total. The summed E-state index contributed by atoms with van der Waals surface area (Å²) in [6.45, 7) is 2.27. The van der Waals surface area contributed by atoms with Crippen molar-refractivity contribution in [3.63, 3.8) is 0 Å². The standard InChI is InChI=1S/C12H22N2O2.ClH/c1-16-8-6-12(4-2-5-12)11(15)14-7-3-10(13)9-14;/h10H,2-9,13H2,1H3;1H/t10-;/m1./s1. The van der Waals surface area contributed by atoms with Gasteiger partial charge in [-0.1, -0.05) is 6.42 Å². The molecule has 0 aromatic carbocycles.